The Morgan fingerprint density at radius 2 is 2.28 bits per heavy atom. The summed E-state index contributed by atoms with van der Waals surface area (Å²) in [5.74, 6) is -0.208. The summed E-state index contributed by atoms with van der Waals surface area (Å²) in [4.78, 5) is 0. The molecule has 0 spiro atoms. The summed E-state index contributed by atoms with van der Waals surface area (Å²) in [6, 6.07) is 4.74. The quantitative estimate of drug-likeness (QED) is 0.889. The molecule has 2 rings (SSSR count). The fourth-order valence-electron chi connectivity index (χ4n) is 2.57. The standard InChI is InChI=1S/C15H22FNO/c1-11-5-6-12(16)10-14(11)15(17)8-7-13-4-2-3-9-18-13/h5-6,10,13,15H,2-4,7-9,17H2,1H3. The monoisotopic (exact) mass is 251 g/mol. The predicted octanol–water partition coefficient (Wildman–Crippen LogP) is 3.48. The Hall–Kier alpha value is -0.930. The lowest BCUT2D eigenvalue weighted by Gasteiger charge is -2.24. The largest absolute Gasteiger partial charge is 0.378 e. The van der Waals surface area contributed by atoms with Crippen LogP contribution in [0.15, 0.2) is 18.2 Å². The van der Waals surface area contributed by atoms with Crippen LogP contribution >= 0.6 is 0 Å². The van der Waals surface area contributed by atoms with Gasteiger partial charge in [0.2, 0.25) is 0 Å². The average molecular weight is 251 g/mol. The molecule has 2 unspecified atom stereocenters. The SMILES string of the molecule is Cc1ccc(F)cc1C(N)CCC1CCCCO1. The van der Waals surface area contributed by atoms with E-state index in [1.54, 1.807) is 12.1 Å². The van der Waals surface area contributed by atoms with E-state index in [1.165, 1.54) is 18.9 Å². The highest BCUT2D eigenvalue weighted by atomic mass is 19.1. The molecule has 1 fully saturated rings. The average Bonchev–Trinajstić information content (AvgIpc) is 2.40. The lowest BCUT2D eigenvalue weighted by atomic mass is 9.95. The number of hydrogen-bond donors (Lipinski definition) is 1. The van der Waals surface area contributed by atoms with Crippen molar-refractivity contribution in [3.63, 3.8) is 0 Å². The van der Waals surface area contributed by atoms with Gasteiger partial charge in [-0.2, -0.15) is 0 Å². The molecule has 1 heterocycles. The molecule has 0 saturated carbocycles. The summed E-state index contributed by atoms with van der Waals surface area (Å²) in [7, 11) is 0. The third-order valence-electron chi connectivity index (χ3n) is 3.71. The minimum Gasteiger partial charge on any atom is -0.378 e. The Morgan fingerprint density at radius 1 is 1.44 bits per heavy atom. The second-order valence-corrected chi connectivity index (χ2v) is 5.17. The summed E-state index contributed by atoms with van der Waals surface area (Å²) in [5.41, 5.74) is 8.15. The molecule has 2 nitrogen and oxygen atoms in total. The molecule has 1 aliphatic rings. The fraction of sp³-hybridized carbons (Fsp3) is 0.600. The Balaban J connectivity index is 1.90. The van der Waals surface area contributed by atoms with Crippen molar-refractivity contribution in [1.82, 2.24) is 0 Å². The first kappa shape index (κ1) is 13.5. The number of aryl methyl sites for hydroxylation is 1. The van der Waals surface area contributed by atoms with Gasteiger partial charge < -0.3 is 10.5 Å². The second kappa shape index (κ2) is 6.30. The van der Waals surface area contributed by atoms with Crippen LogP contribution in [0.4, 0.5) is 4.39 Å². The molecule has 2 atom stereocenters. The number of halogens is 1. The Morgan fingerprint density at radius 3 is 3.00 bits per heavy atom. The molecular formula is C15H22FNO. The van der Waals surface area contributed by atoms with Gasteiger partial charge in [-0.3, -0.25) is 0 Å². The number of benzene rings is 1. The molecule has 0 amide bonds. The van der Waals surface area contributed by atoms with Gasteiger partial charge in [0.15, 0.2) is 0 Å². The van der Waals surface area contributed by atoms with E-state index < -0.39 is 0 Å². The van der Waals surface area contributed by atoms with Crippen LogP contribution in [0.1, 0.15) is 49.3 Å². The van der Waals surface area contributed by atoms with Crippen molar-refractivity contribution in [1.29, 1.82) is 0 Å². The van der Waals surface area contributed by atoms with Crippen LogP contribution in [0.25, 0.3) is 0 Å². The van der Waals surface area contributed by atoms with Gasteiger partial charge in [0.25, 0.3) is 0 Å². The fourth-order valence-corrected chi connectivity index (χ4v) is 2.57. The summed E-state index contributed by atoms with van der Waals surface area (Å²) < 4.78 is 18.9. The molecule has 3 heteroatoms. The zero-order valence-electron chi connectivity index (χ0n) is 11.0. The van der Waals surface area contributed by atoms with E-state index in [0.717, 1.165) is 37.0 Å². The third-order valence-corrected chi connectivity index (χ3v) is 3.71. The van der Waals surface area contributed by atoms with Crippen LogP contribution in [0.2, 0.25) is 0 Å². The molecule has 1 aliphatic heterocycles. The van der Waals surface area contributed by atoms with E-state index >= 15 is 0 Å². The minimum absolute atomic E-state index is 0.0915. The number of ether oxygens (including phenoxy) is 1. The van der Waals surface area contributed by atoms with Crippen LogP contribution in [0.3, 0.4) is 0 Å². The maximum absolute atomic E-state index is 13.2. The normalized spacial score (nSPS) is 21.8. The highest BCUT2D eigenvalue weighted by Gasteiger charge is 2.17. The first-order valence-electron chi connectivity index (χ1n) is 6.80. The van der Waals surface area contributed by atoms with Crippen LogP contribution < -0.4 is 5.73 Å². The molecule has 2 N–H and O–H groups in total. The molecule has 100 valence electrons. The molecule has 0 bridgehead atoms. The van der Waals surface area contributed by atoms with Crippen LogP contribution in [0.5, 0.6) is 0 Å². The summed E-state index contributed by atoms with van der Waals surface area (Å²) in [5, 5.41) is 0. The van der Waals surface area contributed by atoms with Crippen LogP contribution in [0, 0.1) is 12.7 Å². The van der Waals surface area contributed by atoms with Crippen molar-refractivity contribution in [2.24, 2.45) is 5.73 Å². The van der Waals surface area contributed by atoms with Crippen molar-refractivity contribution >= 4 is 0 Å². The second-order valence-electron chi connectivity index (χ2n) is 5.17. The summed E-state index contributed by atoms with van der Waals surface area (Å²) in [6.45, 7) is 2.85. The Bertz CT molecular complexity index is 388. The maximum Gasteiger partial charge on any atom is 0.123 e. The number of hydrogen-bond acceptors (Lipinski definition) is 2. The zero-order valence-corrected chi connectivity index (χ0v) is 11.0. The summed E-state index contributed by atoms with van der Waals surface area (Å²) in [6.07, 6.45) is 5.73. The lowest BCUT2D eigenvalue weighted by molar-refractivity contribution is 0.00911. The van der Waals surface area contributed by atoms with E-state index in [1.807, 2.05) is 6.92 Å². The van der Waals surface area contributed by atoms with Crippen LogP contribution in [-0.2, 0) is 4.74 Å². The van der Waals surface area contributed by atoms with E-state index in [0.29, 0.717) is 6.10 Å². The molecule has 18 heavy (non-hydrogen) atoms. The van der Waals surface area contributed by atoms with E-state index in [4.69, 9.17) is 10.5 Å². The van der Waals surface area contributed by atoms with Gasteiger partial charge in [0.05, 0.1) is 6.10 Å². The van der Waals surface area contributed by atoms with Gasteiger partial charge in [0, 0.05) is 12.6 Å². The number of rotatable bonds is 4. The first-order chi connectivity index (χ1) is 8.66. The van der Waals surface area contributed by atoms with Crippen molar-refractivity contribution < 1.29 is 9.13 Å². The zero-order chi connectivity index (χ0) is 13.0. The molecular weight excluding hydrogens is 229 g/mol. The Labute approximate surface area is 108 Å². The molecule has 1 aromatic rings. The van der Waals surface area contributed by atoms with Crippen molar-refractivity contribution in [3.05, 3.63) is 35.1 Å². The molecule has 1 aromatic carbocycles. The molecule has 1 saturated heterocycles. The molecule has 0 radical (unpaired) electrons. The van der Waals surface area contributed by atoms with E-state index in [2.05, 4.69) is 0 Å². The first-order valence-corrected chi connectivity index (χ1v) is 6.80. The van der Waals surface area contributed by atoms with Gasteiger partial charge in [-0.1, -0.05) is 6.07 Å². The highest BCUT2D eigenvalue weighted by molar-refractivity contribution is 5.29. The maximum atomic E-state index is 13.2. The summed E-state index contributed by atoms with van der Waals surface area (Å²) >= 11 is 0. The van der Waals surface area contributed by atoms with Crippen molar-refractivity contribution in [2.75, 3.05) is 6.61 Å². The minimum atomic E-state index is -0.208. The van der Waals surface area contributed by atoms with E-state index in [9.17, 15) is 4.39 Å². The van der Waals surface area contributed by atoms with E-state index in [-0.39, 0.29) is 11.9 Å². The van der Waals surface area contributed by atoms with Crippen LogP contribution in [-0.4, -0.2) is 12.7 Å². The van der Waals surface area contributed by atoms with Gasteiger partial charge >= 0.3 is 0 Å². The third kappa shape index (κ3) is 3.53. The van der Waals surface area contributed by atoms with Crippen molar-refractivity contribution in [2.45, 2.75) is 51.2 Å². The highest BCUT2D eigenvalue weighted by Crippen LogP contribution is 2.24. The lowest BCUT2D eigenvalue weighted by Crippen LogP contribution is -2.21. The van der Waals surface area contributed by atoms with Gasteiger partial charge in [-0.15, -0.1) is 0 Å². The van der Waals surface area contributed by atoms with Gasteiger partial charge in [-0.05, 0) is 62.3 Å². The molecule has 0 aliphatic carbocycles. The topological polar surface area (TPSA) is 35.2 Å². The number of nitrogens with two attached hydrogens (primary N) is 1. The predicted molar refractivity (Wildman–Crippen MR) is 70.9 cm³/mol. The van der Waals surface area contributed by atoms with Crippen molar-refractivity contribution in [3.8, 4) is 0 Å². The smallest absolute Gasteiger partial charge is 0.123 e. The Kier molecular flexibility index (Phi) is 4.72. The van der Waals surface area contributed by atoms with Gasteiger partial charge in [-0.25, -0.2) is 4.39 Å². The molecule has 0 aromatic heterocycles. The van der Waals surface area contributed by atoms with Gasteiger partial charge in [0.1, 0.15) is 5.82 Å².